The molecule has 0 fully saturated rings. The van der Waals surface area contributed by atoms with Crippen molar-refractivity contribution in [3.8, 4) is 0 Å². The Labute approximate surface area is 105 Å². The molecule has 0 aliphatic heterocycles. The van der Waals surface area contributed by atoms with Gasteiger partial charge in [0.1, 0.15) is 5.78 Å². The van der Waals surface area contributed by atoms with Crippen LogP contribution in [0.25, 0.3) is 0 Å². The lowest BCUT2D eigenvalue weighted by Crippen LogP contribution is -2.05. The molecule has 0 bridgehead atoms. The SMILES string of the molecule is CC(C)C(=O)CCCCCCCCCC(=O)O. The monoisotopic (exact) mass is 242 g/mol. The maximum absolute atomic E-state index is 11.3. The van der Waals surface area contributed by atoms with Crippen LogP contribution in [0.15, 0.2) is 0 Å². The molecule has 0 aromatic rings. The molecule has 0 saturated carbocycles. The first kappa shape index (κ1) is 16.1. The topological polar surface area (TPSA) is 54.4 Å². The molecule has 0 unspecified atom stereocenters. The predicted molar refractivity (Wildman–Crippen MR) is 69.0 cm³/mol. The molecular formula is C14H26O3. The van der Waals surface area contributed by atoms with Gasteiger partial charge in [-0.2, -0.15) is 0 Å². The molecule has 17 heavy (non-hydrogen) atoms. The van der Waals surface area contributed by atoms with Gasteiger partial charge in [0, 0.05) is 18.8 Å². The van der Waals surface area contributed by atoms with E-state index >= 15 is 0 Å². The summed E-state index contributed by atoms with van der Waals surface area (Å²) >= 11 is 0. The Morgan fingerprint density at radius 1 is 0.824 bits per heavy atom. The van der Waals surface area contributed by atoms with Crippen molar-refractivity contribution in [2.75, 3.05) is 0 Å². The van der Waals surface area contributed by atoms with E-state index in [-0.39, 0.29) is 5.92 Å². The Morgan fingerprint density at radius 3 is 1.65 bits per heavy atom. The van der Waals surface area contributed by atoms with Crippen LogP contribution in [-0.2, 0) is 9.59 Å². The average Bonchev–Trinajstić information content (AvgIpc) is 2.25. The van der Waals surface area contributed by atoms with Gasteiger partial charge in [-0.15, -0.1) is 0 Å². The van der Waals surface area contributed by atoms with E-state index in [4.69, 9.17) is 5.11 Å². The van der Waals surface area contributed by atoms with E-state index in [0.29, 0.717) is 12.2 Å². The molecule has 0 spiro atoms. The number of Topliss-reactive ketones (excluding diaryl/α,β-unsaturated/α-hetero) is 1. The van der Waals surface area contributed by atoms with E-state index in [1.807, 2.05) is 13.8 Å². The third-order valence-electron chi connectivity index (χ3n) is 2.96. The van der Waals surface area contributed by atoms with Crippen molar-refractivity contribution < 1.29 is 14.7 Å². The number of carboxylic acid groups (broad SMARTS) is 1. The van der Waals surface area contributed by atoms with E-state index in [9.17, 15) is 9.59 Å². The predicted octanol–water partition coefficient (Wildman–Crippen LogP) is 3.81. The minimum absolute atomic E-state index is 0.172. The summed E-state index contributed by atoms with van der Waals surface area (Å²) in [7, 11) is 0. The lowest BCUT2D eigenvalue weighted by atomic mass is 10.0. The molecule has 0 aromatic carbocycles. The quantitative estimate of drug-likeness (QED) is 0.560. The number of carboxylic acids is 1. The van der Waals surface area contributed by atoms with Crippen LogP contribution in [0.3, 0.4) is 0 Å². The number of ketones is 1. The highest BCUT2D eigenvalue weighted by atomic mass is 16.4. The minimum Gasteiger partial charge on any atom is -0.481 e. The molecule has 0 aliphatic carbocycles. The van der Waals surface area contributed by atoms with E-state index in [2.05, 4.69) is 0 Å². The summed E-state index contributed by atoms with van der Waals surface area (Å²) in [6.07, 6.45) is 8.39. The van der Waals surface area contributed by atoms with E-state index in [1.165, 1.54) is 6.42 Å². The smallest absolute Gasteiger partial charge is 0.303 e. The second-order valence-corrected chi connectivity index (χ2v) is 4.99. The Bertz CT molecular complexity index is 222. The van der Waals surface area contributed by atoms with Crippen LogP contribution >= 0.6 is 0 Å². The van der Waals surface area contributed by atoms with Crippen molar-refractivity contribution in [3.05, 3.63) is 0 Å². The first-order valence-electron chi connectivity index (χ1n) is 6.78. The molecule has 0 atom stereocenters. The van der Waals surface area contributed by atoms with Gasteiger partial charge in [0.25, 0.3) is 0 Å². The first-order chi connectivity index (χ1) is 8.04. The number of hydrogen-bond donors (Lipinski definition) is 1. The number of unbranched alkanes of at least 4 members (excludes halogenated alkanes) is 6. The van der Waals surface area contributed by atoms with Gasteiger partial charge in [-0.05, 0) is 12.8 Å². The second-order valence-electron chi connectivity index (χ2n) is 4.99. The summed E-state index contributed by atoms with van der Waals surface area (Å²) in [5, 5.41) is 8.45. The van der Waals surface area contributed by atoms with Gasteiger partial charge in [-0.1, -0.05) is 46.0 Å². The maximum atomic E-state index is 11.3. The molecule has 3 nitrogen and oxygen atoms in total. The third-order valence-corrected chi connectivity index (χ3v) is 2.96. The van der Waals surface area contributed by atoms with Gasteiger partial charge in [-0.3, -0.25) is 9.59 Å². The number of carbonyl (C=O) groups excluding carboxylic acids is 1. The fraction of sp³-hybridized carbons (Fsp3) is 0.857. The highest BCUT2D eigenvalue weighted by Crippen LogP contribution is 2.11. The Balaban J connectivity index is 3.14. The summed E-state index contributed by atoms with van der Waals surface area (Å²) in [6.45, 7) is 3.90. The number of rotatable bonds is 11. The van der Waals surface area contributed by atoms with Crippen molar-refractivity contribution in [2.45, 2.75) is 71.6 Å². The van der Waals surface area contributed by atoms with Crippen molar-refractivity contribution in [3.63, 3.8) is 0 Å². The molecule has 0 aliphatic rings. The van der Waals surface area contributed by atoms with Crippen molar-refractivity contribution >= 4 is 11.8 Å². The lowest BCUT2D eigenvalue weighted by molar-refractivity contribution is -0.137. The summed E-state index contributed by atoms with van der Waals surface area (Å²) in [5.74, 6) is -0.158. The van der Waals surface area contributed by atoms with Crippen molar-refractivity contribution in [1.82, 2.24) is 0 Å². The van der Waals surface area contributed by atoms with Gasteiger partial charge in [0.15, 0.2) is 0 Å². The fourth-order valence-corrected chi connectivity index (χ4v) is 1.75. The molecule has 0 rings (SSSR count). The number of hydrogen-bond acceptors (Lipinski definition) is 2. The molecule has 1 N–H and O–H groups in total. The molecule has 0 saturated heterocycles. The van der Waals surface area contributed by atoms with Crippen molar-refractivity contribution in [2.24, 2.45) is 5.92 Å². The molecule has 0 amide bonds. The van der Waals surface area contributed by atoms with E-state index in [0.717, 1.165) is 44.9 Å². The Hall–Kier alpha value is -0.860. The van der Waals surface area contributed by atoms with Crippen LogP contribution in [-0.4, -0.2) is 16.9 Å². The first-order valence-corrected chi connectivity index (χ1v) is 6.78. The van der Waals surface area contributed by atoms with Crippen LogP contribution in [0.4, 0.5) is 0 Å². The van der Waals surface area contributed by atoms with E-state index in [1.54, 1.807) is 0 Å². The highest BCUT2D eigenvalue weighted by Gasteiger charge is 2.05. The maximum Gasteiger partial charge on any atom is 0.303 e. The number of carbonyl (C=O) groups is 2. The molecule has 0 radical (unpaired) electrons. The van der Waals surface area contributed by atoms with Gasteiger partial charge in [0.2, 0.25) is 0 Å². The summed E-state index contributed by atoms with van der Waals surface area (Å²) < 4.78 is 0. The van der Waals surface area contributed by atoms with E-state index < -0.39 is 5.97 Å². The van der Waals surface area contributed by atoms with Crippen molar-refractivity contribution in [1.29, 1.82) is 0 Å². The van der Waals surface area contributed by atoms with Crippen LogP contribution < -0.4 is 0 Å². The molecule has 0 heterocycles. The summed E-state index contributed by atoms with van der Waals surface area (Å²) in [5.41, 5.74) is 0. The number of aliphatic carboxylic acids is 1. The van der Waals surface area contributed by atoms with Gasteiger partial charge < -0.3 is 5.11 Å². The standard InChI is InChI=1S/C14H26O3/c1-12(2)13(15)10-8-6-4-3-5-7-9-11-14(16)17/h12H,3-11H2,1-2H3,(H,16,17). The zero-order chi connectivity index (χ0) is 13.1. The van der Waals surface area contributed by atoms with Crippen LogP contribution in [0.2, 0.25) is 0 Å². The largest absolute Gasteiger partial charge is 0.481 e. The van der Waals surface area contributed by atoms with Gasteiger partial charge >= 0.3 is 5.97 Å². The van der Waals surface area contributed by atoms with Crippen LogP contribution in [0.1, 0.15) is 71.6 Å². The molecule has 3 heteroatoms. The summed E-state index contributed by atoms with van der Waals surface area (Å²) in [4.78, 5) is 21.6. The zero-order valence-electron chi connectivity index (χ0n) is 11.2. The highest BCUT2D eigenvalue weighted by molar-refractivity contribution is 5.80. The lowest BCUT2D eigenvalue weighted by Gasteiger charge is -2.04. The van der Waals surface area contributed by atoms with Gasteiger partial charge in [0.05, 0.1) is 0 Å². The van der Waals surface area contributed by atoms with Crippen LogP contribution in [0.5, 0.6) is 0 Å². The Morgan fingerprint density at radius 2 is 1.24 bits per heavy atom. The normalized spacial score (nSPS) is 10.8. The third kappa shape index (κ3) is 11.4. The minimum atomic E-state index is -0.697. The fourth-order valence-electron chi connectivity index (χ4n) is 1.75. The summed E-state index contributed by atoms with van der Waals surface area (Å²) in [6, 6.07) is 0. The zero-order valence-corrected chi connectivity index (χ0v) is 11.2. The average molecular weight is 242 g/mol. The van der Waals surface area contributed by atoms with Crippen LogP contribution in [0, 0.1) is 5.92 Å². The second kappa shape index (κ2) is 10.3. The van der Waals surface area contributed by atoms with Gasteiger partial charge in [-0.25, -0.2) is 0 Å². The Kier molecular flexibility index (Phi) is 9.78. The molecule has 100 valence electrons. The molecular weight excluding hydrogens is 216 g/mol. The molecule has 0 aromatic heterocycles.